The third kappa shape index (κ3) is 5.27. The van der Waals surface area contributed by atoms with Gasteiger partial charge in [0, 0.05) is 6.42 Å². The number of carbonyl (C=O) groups excluding carboxylic acids is 2. The minimum atomic E-state index is -1.03. The van der Waals surface area contributed by atoms with Crippen molar-refractivity contribution in [3.8, 4) is 5.75 Å². The summed E-state index contributed by atoms with van der Waals surface area (Å²) in [4.78, 5) is 24.1. The summed E-state index contributed by atoms with van der Waals surface area (Å²) in [6, 6.07) is 9.35. The SMILES string of the molecule is COC(=O)[C@H](Cc1ccc(OC)cc1)NC(=O)Cc1ccc(F)c(F)c1. The summed E-state index contributed by atoms with van der Waals surface area (Å²) in [6.07, 6.45) is 0.0352. The number of amides is 1. The van der Waals surface area contributed by atoms with Crippen LogP contribution in [0.25, 0.3) is 0 Å². The highest BCUT2D eigenvalue weighted by molar-refractivity contribution is 5.85. The summed E-state index contributed by atoms with van der Waals surface area (Å²) in [7, 11) is 2.77. The van der Waals surface area contributed by atoms with E-state index in [0.29, 0.717) is 11.3 Å². The predicted octanol–water partition coefficient (Wildman–Crippen LogP) is 2.42. The summed E-state index contributed by atoms with van der Waals surface area (Å²) in [5, 5.41) is 2.57. The van der Waals surface area contributed by atoms with Crippen molar-refractivity contribution in [1.29, 1.82) is 0 Å². The van der Waals surface area contributed by atoms with Crippen LogP contribution in [0.5, 0.6) is 5.75 Å². The van der Waals surface area contributed by atoms with Crippen LogP contribution in [0.15, 0.2) is 42.5 Å². The third-order valence-corrected chi connectivity index (χ3v) is 3.77. The largest absolute Gasteiger partial charge is 0.497 e. The lowest BCUT2D eigenvalue weighted by atomic mass is 10.0. The molecule has 0 aliphatic rings. The summed E-state index contributed by atoms with van der Waals surface area (Å²) in [6.45, 7) is 0. The molecule has 138 valence electrons. The second-order valence-electron chi connectivity index (χ2n) is 5.62. The first-order valence-electron chi connectivity index (χ1n) is 7.87. The number of nitrogens with one attached hydrogen (secondary N) is 1. The van der Waals surface area contributed by atoms with Gasteiger partial charge in [0.1, 0.15) is 11.8 Å². The van der Waals surface area contributed by atoms with Crippen LogP contribution in [0.4, 0.5) is 8.78 Å². The molecule has 26 heavy (non-hydrogen) atoms. The minimum Gasteiger partial charge on any atom is -0.497 e. The molecule has 0 saturated heterocycles. The van der Waals surface area contributed by atoms with Gasteiger partial charge in [0.25, 0.3) is 0 Å². The first kappa shape index (κ1) is 19.4. The zero-order valence-corrected chi connectivity index (χ0v) is 14.4. The predicted molar refractivity (Wildman–Crippen MR) is 90.7 cm³/mol. The lowest BCUT2D eigenvalue weighted by Gasteiger charge is -2.17. The number of hydrogen-bond donors (Lipinski definition) is 1. The number of ether oxygens (including phenoxy) is 2. The topological polar surface area (TPSA) is 64.6 Å². The van der Waals surface area contributed by atoms with Crippen LogP contribution >= 0.6 is 0 Å². The number of rotatable bonds is 7. The van der Waals surface area contributed by atoms with Crippen molar-refractivity contribution in [3.05, 3.63) is 65.2 Å². The first-order valence-corrected chi connectivity index (χ1v) is 7.87. The second kappa shape index (κ2) is 8.94. The molecule has 2 aromatic carbocycles. The number of methoxy groups -OCH3 is 2. The molecule has 0 aliphatic carbocycles. The molecule has 0 saturated carbocycles. The molecule has 0 bridgehead atoms. The number of hydrogen-bond acceptors (Lipinski definition) is 4. The number of halogens is 2. The van der Waals surface area contributed by atoms with Crippen molar-refractivity contribution < 1.29 is 27.8 Å². The highest BCUT2D eigenvalue weighted by Gasteiger charge is 2.22. The van der Waals surface area contributed by atoms with E-state index in [0.717, 1.165) is 17.7 Å². The Morgan fingerprint density at radius 1 is 1.00 bits per heavy atom. The molecular formula is C19H19F2NO4. The minimum absolute atomic E-state index is 0.187. The maximum atomic E-state index is 13.2. The molecule has 1 atom stereocenters. The van der Waals surface area contributed by atoms with Gasteiger partial charge in [-0.05, 0) is 35.4 Å². The highest BCUT2D eigenvalue weighted by atomic mass is 19.2. The van der Waals surface area contributed by atoms with Gasteiger partial charge in [-0.3, -0.25) is 4.79 Å². The molecule has 1 amide bonds. The fourth-order valence-corrected chi connectivity index (χ4v) is 2.41. The monoisotopic (exact) mass is 363 g/mol. The summed E-state index contributed by atoms with van der Waals surface area (Å²) < 4.78 is 36.0. The molecule has 0 spiro atoms. The Kier molecular flexibility index (Phi) is 6.66. The smallest absolute Gasteiger partial charge is 0.328 e. The molecule has 0 aromatic heterocycles. The number of benzene rings is 2. The van der Waals surface area contributed by atoms with E-state index in [4.69, 9.17) is 9.47 Å². The maximum Gasteiger partial charge on any atom is 0.328 e. The zero-order valence-electron chi connectivity index (χ0n) is 14.4. The summed E-state index contributed by atoms with van der Waals surface area (Å²) in [5.41, 5.74) is 1.10. The number of carbonyl (C=O) groups is 2. The van der Waals surface area contributed by atoms with Crippen LogP contribution in [0.3, 0.4) is 0 Å². The molecule has 2 aromatic rings. The highest BCUT2D eigenvalue weighted by Crippen LogP contribution is 2.14. The van der Waals surface area contributed by atoms with Crippen LogP contribution in [0.2, 0.25) is 0 Å². The van der Waals surface area contributed by atoms with Crippen LogP contribution < -0.4 is 10.1 Å². The van der Waals surface area contributed by atoms with Gasteiger partial charge >= 0.3 is 5.97 Å². The maximum absolute atomic E-state index is 13.2. The van der Waals surface area contributed by atoms with Gasteiger partial charge < -0.3 is 14.8 Å². The lowest BCUT2D eigenvalue weighted by Crippen LogP contribution is -2.43. The zero-order chi connectivity index (χ0) is 19.1. The Morgan fingerprint density at radius 3 is 2.23 bits per heavy atom. The van der Waals surface area contributed by atoms with Crippen molar-refractivity contribution >= 4 is 11.9 Å². The molecule has 0 radical (unpaired) electrons. The fourth-order valence-electron chi connectivity index (χ4n) is 2.41. The van der Waals surface area contributed by atoms with E-state index < -0.39 is 29.6 Å². The molecular weight excluding hydrogens is 344 g/mol. The van der Waals surface area contributed by atoms with Gasteiger partial charge in [0.15, 0.2) is 11.6 Å². The Balaban J connectivity index is 2.04. The van der Waals surface area contributed by atoms with E-state index >= 15 is 0 Å². The fraction of sp³-hybridized carbons (Fsp3) is 0.263. The molecule has 5 nitrogen and oxygen atoms in total. The molecule has 7 heteroatoms. The van der Waals surface area contributed by atoms with Gasteiger partial charge in [0.05, 0.1) is 20.6 Å². The second-order valence-corrected chi connectivity index (χ2v) is 5.62. The van der Waals surface area contributed by atoms with E-state index in [1.54, 1.807) is 31.4 Å². The first-order chi connectivity index (χ1) is 12.4. The Morgan fingerprint density at radius 2 is 1.65 bits per heavy atom. The van der Waals surface area contributed by atoms with E-state index in [9.17, 15) is 18.4 Å². The van der Waals surface area contributed by atoms with Gasteiger partial charge in [-0.2, -0.15) is 0 Å². The Labute approximate surface area is 149 Å². The standard InChI is InChI=1S/C19H19F2NO4/c1-25-14-6-3-12(4-7-14)10-17(19(24)26-2)22-18(23)11-13-5-8-15(20)16(21)9-13/h3-9,17H,10-11H2,1-2H3,(H,22,23)/t17-/m0/s1. The third-order valence-electron chi connectivity index (χ3n) is 3.77. The average molecular weight is 363 g/mol. The summed E-state index contributed by atoms with van der Waals surface area (Å²) in [5.74, 6) is -2.44. The molecule has 0 unspecified atom stereocenters. The van der Waals surface area contributed by atoms with Crippen molar-refractivity contribution in [2.45, 2.75) is 18.9 Å². The molecule has 1 N–H and O–H groups in total. The van der Waals surface area contributed by atoms with Crippen molar-refractivity contribution in [3.63, 3.8) is 0 Å². The van der Waals surface area contributed by atoms with Gasteiger partial charge in [-0.15, -0.1) is 0 Å². The van der Waals surface area contributed by atoms with E-state index in [-0.39, 0.29) is 12.8 Å². The van der Waals surface area contributed by atoms with E-state index in [1.807, 2.05) is 0 Å². The quantitative estimate of drug-likeness (QED) is 0.768. The van der Waals surface area contributed by atoms with Crippen molar-refractivity contribution in [1.82, 2.24) is 5.32 Å². The lowest BCUT2D eigenvalue weighted by molar-refractivity contribution is -0.145. The van der Waals surface area contributed by atoms with E-state index in [2.05, 4.69) is 5.32 Å². The van der Waals surface area contributed by atoms with Crippen LogP contribution in [-0.4, -0.2) is 32.1 Å². The molecule has 0 aliphatic heterocycles. The van der Waals surface area contributed by atoms with Gasteiger partial charge in [-0.25, -0.2) is 13.6 Å². The molecule has 0 heterocycles. The Bertz CT molecular complexity index is 778. The average Bonchev–Trinajstić information content (AvgIpc) is 2.64. The van der Waals surface area contributed by atoms with Crippen LogP contribution in [-0.2, 0) is 27.2 Å². The van der Waals surface area contributed by atoms with Crippen LogP contribution in [0.1, 0.15) is 11.1 Å². The van der Waals surface area contributed by atoms with Gasteiger partial charge in [-0.1, -0.05) is 18.2 Å². The van der Waals surface area contributed by atoms with Crippen molar-refractivity contribution in [2.24, 2.45) is 0 Å². The Hall–Kier alpha value is -2.96. The van der Waals surface area contributed by atoms with Crippen LogP contribution in [0, 0.1) is 11.6 Å². The van der Waals surface area contributed by atoms with Crippen molar-refractivity contribution in [2.75, 3.05) is 14.2 Å². The molecule has 2 rings (SSSR count). The normalized spacial score (nSPS) is 11.5. The van der Waals surface area contributed by atoms with E-state index in [1.165, 1.54) is 13.2 Å². The summed E-state index contributed by atoms with van der Waals surface area (Å²) >= 11 is 0. The molecule has 0 fully saturated rings. The van der Waals surface area contributed by atoms with Gasteiger partial charge in [0.2, 0.25) is 5.91 Å². The number of esters is 1.